The van der Waals surface area contributed by atoms with Crippen LogP contribution in [-0.4, -0.2) is 55.0 Å². The van der Waals surface area contributed by atoms with Crippen LogP contribution in [0.1, 0.15) is 30.7 Å². The third kappa shape index (κ3) is 2.64. The van der Waals surface area contributed by atoms with Crippen LogP contribution in [0.3, 0.4) is 0 Å². The van der Waals surface area contributed by atoms with E-state index in [4.69, 9.17) is 19.7 Å². The highest BCUT2D eigenvalue weighted by Crippen LogP contribution is 2.29. The summed E-state index contributed by atoms with van der Waals surface area (Å²) in [6.45, 7) is 3.67. The van der Waals surface area contributed by atoms with E-state index in [0.29, 0.717) is 44.4 Å². The van der Waals surface area contributed by atoms with Crippen LogP contribution in [0.15, 0.2) is 4.52 Å². The average molecular weight is 268 g/mol. The summed E-state index contributed by atoms with van der Waals surface area (Å²) in [5.74, 6) is 1.10. The number of rotatable bonds is 2. The maximum atomic E-state index is 6.32. The minimum atomic E-state index is -0.552. The molecule has 19 heavy (non-hydrogen) atoms. The second kappa shape index (κ2) is 5.16. The second-order valence-corrected chi connectivity index (χ2v) is 5.35. The molecule has 2 N–H and O–H groups in total. The molecule has 3 rings (SSSR count). The van der Waals surface area contributed by atoms with E-state index in [1.54, 1.807) is 0 Å². The van der Waals surface area contributed by atoms with E-state index in [9.17, 15) is 0 Å². The van der Waals surface area contributed by atoms with Gasteiger partial charge >= 0.3 is 0 Å². The van der Waals surface area contributed by atoms with E-state index in [-0.39, 0.29) is 6.10 Å². The lowest BCUT2D eigenvalue weighted by Gasteiger charge is -2.29. The lowest BCUT2D eigenvalue weighted by atomic mass is 9.91. The van der Waals surface area contributed by atoms with Gasteiger partial charge in [-0.25, -0.2) is 0 Å². The molecule has 2 fully saturated rings. The Morgan fingerprint density at radius 2 is 2.11 bits per heavy atom. The summed E-state index contributed by atoms with van der Waals surface area (Å²) < 4.78 is 16.4. The molecular formula is C12H20N4O3. The second-order valence-electron chi connectivity index (χ2n) is 5.35. The molecule has 106 valence electrons. The van der Waals surface area contributed by atoms with Crippen molar-refractivity contribution in [2.24, 2.45) is 5.73 Å². The summed E-state index contributed by atoms with van der Waals surface area (Å²) in [5, 5.41) is 4.04. The van der Waals surface area contributed by atoms with Crippen molar-refractivity contribution in [2.75, 3.05) is 40.0 Å². The Balaban J connectivity index is 1.75. The fraction of sp³-hybridized carbons (Fsp3) is 0.833. The number of ether oxygens (including phenoxy) is 2. The van der Waals surface area contributed by atoms with Crippen LogP contribution in [0.2, 0.25) is 0 Å². The van der Waals surface area contributed by atoms with E-state index in [0.717, 1.165) is 13.1 Å². The molecule has 1 aromatic heterocycles. The van der Waals surface area contributed by atoms with Gasteiger partial charge in [0.1, 0.15) is 11.6 Å². The lowest BCUT2D eigenvalue weighted by Crippen LogP contribution is -2.42. The number of hydrogen-bond acceptors (Lipinski definition) is 7. The minimum absolute atomic E-state index is 0.125. The van der Waals surface area contributed by atoms with Gasteiger partial charge < -0.3 is 24.6 Å². The van der Waals surface area contributed by atoms with Gasteiger partial charge in [0.05, 0.1) is 6.61 Å². The molecule has 0 radical (unpaired) electrons. The molecule has 3 heterocycles. The number of nitrogens with zero attached hydrogens (tertiary/aromatic N) is 3. The Morgan fingerprint density at radius 1 is 1.32 bits per heavy atom. The fourth-order valence-corrected chi connectivity index (χ4v) is 2.45. The van der Waals surface area contributed by atoms with Crippen molar-refractivity contribution in [2.45, 2.75) is 24.5 Å². The van der Waals surface area contributed by atoms with Crippen LogP contribution in [0, 0.1) is 0 Å². The van der Waals surface area contributed by atoms with Gasteiger partial charge in [0.25, 0.3) is 0 Å². The summed E-state index contributed by atoms with van der Waals surface area (Å²) in [6.07, 6.45) is 1.29. The minimum Gasteiger partial charge on any atom is -0.381 e. The molecule has 2 aliphatic heterocycles. The molecule has 0 spiro atoms. The molecule has 7 heteroatoms. The number of nitrogens with two attached hydrogens (primary N) is 1. The molecule has 7 nitrogen and oxygen atoms in total. The van der Waals surface area contributed by atoms with Gasteiger partial charge in [-0.3, -0.25) is 0 Å². The van der Waals surface area contributed by atoms with Gasteiger partial charge in [0.15, 0.2) is 0 Å². The van der Waals surface area contributed by atoms with Gasteiger partial charge in [-0.1, -0.05) is 5.16 Å². The predicted molar refractivity (Wildman–Crippen MR) is 66.4 cm³/mol. The van der Waals surface area contributed by atoms with Crippen LogP contribution in [0.4, 0.5) is 0 Å². The first kappa shape index (κ1) is 13.0. The highest BCUT2D eigenvalue weighted by molar-refractivity contribution is 5.05. The first-order chi connectivity index (χ1) is 9.17. The Hall–Kier alpha value is -1.02. The Morgan fingerprint density at radius 3 is 2.84 bits per heavy atom. The molecule has 1 aromatic rings. The van der Waals surface area contributed by atoms with Crippen molar-refractivity contribution in [3.05, 3.63) is 11.7 Å². The Labute approximate surface area is 112 Å². The zero-order chi connectivity index (χ0) is 13.3. The van der Waals surface area contributed by atoms with E-state index in [1.165, 1.54) is 0 Å². The summed E-state index contributed by atoms with van der Waals surface area (Å²) in [6, 6.07) is 0. The van der Waals surface area contributed by atoms with Crippen LogP contribution >= 0.6 is 0 Å². The normalized spacial score (nSPS) is 28.4. The van der Waals surface area contributed by atoms with Crippen LogP contribution < -0.4 is 5.73 Å². The first-order valence-electron chi connectivity index (χ1n) is 6.68. The van der Waals surface area contributed by atoms with Gasteiger partial charge in [0, 0.05) is 26.3 Å². The molecule has 0 amide bonds. The van der Waals surface area contributed by atoms with Crippen molar-refractivity contribution in [1.29, 1.82) is 0 Å². The highest BCUT2D eigenvalue weighted by Gasteiger charge is 2.37. The molecule has 2 saturated heterocycles. The highest BCUT2D eigenvalue weighted by atomic mass is 16.5. The van der Waals surface area contributed by atoms with Crippen LogP contribution in [0.25, 0.3) is 0 Å². The van der Waals surface area contributed by atoms with Gasteiger partial charge in [-0.15, -0.1) is 0 Å². The van der Waals surface area contributed by atoms with E-state index >= 15 is 0 Å². The van der Waals surface area contributed by atoms with Gasteiger partial charge in [-0.2, -0.15) is 4.98 Å². The number of aromatic nitrogens is 2. The molecule has 0 aromatic carbocycles. The maximum absolute atomic E-state index is 6.32. The van der Waals surface area contributed by atoms with Crippen molar-refractivity contribution >= 4 is 0 Å². The van der Waals surface area contributed by atoms with E-state index in [1.807, 2.05) is 0 Å². The average Bonchev–Trinajstić information content (AvgIpc) is 2.90. The quantitative estimate of drug-likeness (QED) is 0.810. The zero-order valence-electron chi connectivity index (χ0n) is 11.2. The summed E-state index contributed by atoms with van der Waals surface area (Å²) in [5.41, 5.74) is 5.77. The molecule has 0 bridgehead atoms. The number of morpholine rings is 1. The Bertz CT molecular complexity index is 430. The number of likely N-dealkylation sites (N-methyl/N-ethyl adjacent to an activating group) is 1. The molecule has 1 unspecified atom stereocenters. The summed E-state index contributed by atoms with van der Waals surface area (Å²) >= 11 is 0. The topological polar surface area (TPSA) is 86.6 Å². The van der Waals surface area contributed by atoms with Crippen molar-refractivity contribution in [3.8, 4) is 0 Å². The Kier molecular flexibility index (Phi) is 3.53. The fourth-order valence-electron chi connectivity index (χ4n) is 2.45. The molecular weight excluding hydrogens is 248 g/mol. The first-order valence-corrected chi connectivity index (χ1v) is 6.68. The summed E-state index contributed by atoms with van der Waals surface area (Å²) in [7, 11) is 2.05. The largest absolute Gasteiger partial charge is 0.381 e. The van der Waals surface area contributed by atoms with Crippen molar-refractivity contribution in [1.82, 2.24) is 15.0 Å². The van der Waals surface area contributed by atoms with Crippen molar-refractivity contribution < 1.29 is 14.0 Å². The molecule has 0 aliphatic carbocycles. The van der Waals surface area contributed by atoms with Gasteiger partial charge in [-0.05, 0) is 19.9 Å². The maximum Gasteiger partial charge on any atom is 0.247 e. The van der Waals surface area contributed by atoms with E-state index < -0.39 is 5.54 Å². The van der Waals surface area contributed by atoms with Gasteiger partial charge in [0.2, 0.25) is 11.7 Å². The SMILES string of the molecule is CN1CCOC(c2noc(C3(N)CCOCC3)n2)C1. The standard InChI is InChI=1S/C12H20N4O3/c1-16-4-7-18-9(8-16)10-14-11(19-15-10)12(13)2-5-17-6-3-12/h9H,2-8,13H2,1H3. The zero-order valence-corrected chi connectivity index (χ0v) is 11.2. The molecule has 1 atom stereocenters. The summed E-state index contributed by atoms with van der Waals surface area (Å²) in [4.78, 5) is 6.65. The molecule has 0 saturated carbocycles. The third-order valence-electron chi connectivity index (χ3n) is 3.81. The smallest absolute Gasteiger partial charge is 0.247 e. The molecule has 2 aliphatic rings. The number of hydrogen-bond donors (Lipinski definition) is 1. The van der Waals surface area contributed by atoms with Crippen LogP contribution in [-0.2, 0) is 15.0 Å². The monoisotopic (exact) mass is 268 g/mol. The van der Waals surface area contributed by atoms with E-state index in [2.05, 4.69) is 22.1 Å². The predicted octanol–water partition coefficient (Wildman–Crippen LogP) is 0.0371. The van der Waals surface area contributed by atoms with Crippen LogP contribution in [0.5, 0.6) is 0 Å². The lowest BCUT2D eigenvalue weighted by molar-refractivity contribution is -0.0264. The van der Waals surface area contributed by atoms with Crippen molar-refractivity contribution in [3.63, 3.8) is 0 Å². The third-order valence-corrected chi connectivity index (χ3v) is 3.81.